The maximum atomic E-state index is 5.78. The van der Waals surface area contributed by atoms with E-state index in [9.17, 15) is 0 Å². The van der Waals surface area contributed by atoms with Crippen LogP contribution in [0.2, 0.25) is 0 Å². The second-order valence-corrected chi connectivity index (χ2v) is 6.57. The second-order valence-electron chi connectivity index (χ2n) is 6.57. The minimum absolute atomic E-state index is 0.507. The van der Waals surface area contributed by atoms with Crippen molar-refractivity contribution in [3.05, 3.63) is 0 Å². The predicted octanol–water partition coefficient (Wildman–Crippen LogP) is 3.05. The molecular formula is C17H34N2O. The van der Waals surface area contributed by atoms with Gasteiger partial charge in [-0.15, -0.1) is 0 Å². The number of nitrogens with zero attached hydrogens (tertiary/aromatic N) is 1. The molecule has 118 valence electrons. The molecule has 2 rings (SSSR count). The number of nitrogens with one attached hydrogen (secondary N) is 1. The van der Waals surface area contributed by atoms with Crippen molar-refractivity contribution >= 4 is 0 Å². The van der Waals surface area contributed by atoms with E-state index in [1.165, 1.54) is 64.6 Å². The lowest BCUT2D eigenvalue weighted by atomic mass is 9.99. The second kappa shape index (κ2) is 9.01. The van der Waals surface area contributed by atoms with Gasteiger partial charge in [-0.25, -0.2) is 0 Å². The van der Waals surface area contributed by atoms with Gasteiger partial charge >= 0.3 is 0 Å². The van der Waals surface area contributed by atoms with Crippen LogP contribution >= 0.6 is 0 Å². The fourth-order valence-corrected chi connectivity index (χ4v) is 3.78. The van der Waals surface area contributed by atoms with Crippen molar-refractivity contribution in [1.82, 2.24) is 10.2 Å². The number of ether oxygens (including phenoxy) is 1. The first-order chi connectivity index (χ1) is 9.83. The Kier molecular flexibility index (Phi) is 7.32. The lowest BCUT2D eigenvalue weighted by molar-refractivity contribution is 0.0725. The first kappa shape index (κ1) is 16.3. The lowest BCUT2D eigenvalue weighted by Crippen LogP contribution is -2.37. The summed E-state index contributed by atoms with van der Waals surface area (Å²) in [7, 11) is 0. The molecule has 1 heterocycles. The van der Waals surface area contributed by atoms with Gasteiger partial charge in [-0.2, -0.15) is 0 Å². The molecule has 3 unspecified atom stereocenters. The topological polar surface area (TPSA) is 24.5 Å². The van der Waals surface area contributed by atoms with Crippen LogP contribution in [-0.4, -0.2) is 49.8 Å². The average molecular weight is 282 g/mol. The molecule has 1 saturated carbocycles. The normalized spacial score (nSPS) is 30.4. The summed E-state index contributed by atoms with van der Waals surface area (Å²) in [6.45, 7) is 10.3. The molecule has 0 bridgehead atoms. The molecule has 3 nitrogen and oxygen atoms in total. The third-order valence-corrected chi connectivity index (χ3v) is 5.06. The zero-order chi connectivity index (χ0) is 14.2. The summed E-state index contributed by atoms with van der Waals surface area (Å²) in [5.74, 6) is 0.903. The van der Waals surface area contributed by atoms with E-state index in [0.29, 0.717) is 6.10 Å². The molecule has 0 spiro atoms. The van der Waals surface area contributed by atoms with Crippen molar-refractivity contribution in [3.63, 3.8) is 0 Å². The van der Waals surface area contributed by atoms with Crippen molar-refractivity contribution in [2.45, 2.75) is 70.9 Å². The van der Waals surface area contributed by atoms with E-state index in [2.05, 4.69) is 24.1 Å². The average Bonchev–Trinajstić information content (AvgIpc) is 3.12. The molecule has 20 heavy (non-hydrogen) atoms. The highest BCUT2D eigenvalue weighted by molar-refractivity contribution is 4.84. The van der Waals surface area contributed by atoms with Gasteiger partial charge in [0.05, 0.1) is 6.10 Å². The van der Waals surface area contributed by atoms with E-state index in [4.69, 9.17) is 4.74 Å². The Bertz CT molecular complexity index is 253. The maximum absolute atomic E-state index is 5.78. The van der Waals surface area contributed by atoms with E-state index in [-0.39, 0.29) is 0 Å². The van der Waals surface area contributed by atoms with Gasteiger partial charge in [0.1, 0.15) is 0 Å². The SMILES string of the molecule is CCCNC1CCCC1CCN(CC)CC1CCCO1. The molecule has 1 aliphatic carbocycles. The number of hydrogen-bond donors (Lipinski definition) is 1. The zero-order valence-corrected chi connectivity index (χ0v) is 13.6. The minimum atomic E-state index is 0.507. The molecule has 1 N–H and O–H groups in total. The molecule has 3 heteroatoms. The Morgan fingerprint density at radius 1 is 1.15 bits per heavy atom. The number of hydrogen-bond acceptors (Lipinski definition) is 3. The molecule has 2 aliphatic rings. The van der Waals surface area contributed by atoms with E-state index >= 15 is 0 Å². The van der Waals surface area contributed by atoms with E-state index < -0.39 is 0 Å². The summed E-state index contributed by atoms with van der Waals surface area (Å²) < 4.78 is 5.78. The highest BCUT2D eigenvalue weighted by Gasteiger charge is 2.27. The molecule has 3 atom stereocenters. The molecule has 0 radical (unpaired) electrons. The van der Waals surface area contributed by atoms with Crippen LogP contribution in [0.15, 0.2) is 0 Å². The minimum Gasteiger partial charge on any atom is -0.377 e. The van der Waals surface area contributed by atoms with E-state index in [0.717, 1.165) is 25.1 Å². The molecule has 0 aromatic heterocycles. The fraction of sp³-hybridized carbons (Fsp3) is 1.00. The monoisotopic (exact) mass is 282 g/mol. The molecule has 1 aliphatic heterocycles. The van der Waals surface area contributed by atoms with Crippen molar-refractivity contribution < 1.29 is 4.74 Å². The van der Waals surface area contributed by atoms with Crippen LogP contribution in [-0.2, 0) is 4.74 Å². The van der Waals surface area contributed by atoms with Gasteiger partial charge in [0.25, 0.3) is 0 Å². The highest BCUT2D eigenvalue weighted by atomic mass is 16.5. The van der Waals surface area contributed by atoms with Gasteiger partial charge < -0.3 is 15.0 Å². The summed E-state index contributed by atoms with van der Waals surface area (Å²) in [6.07, 6.45) is 9.89. The quantitative estimate of drug-likeness (QED) is 0.703. The maximum Gasteiger partial charge on any atom is 0.0702 e. The van der Waals surface area contributed by atoms with Crippen LogP contribution in [0.3, 0.4) is 0 Å². The Morgan fingerprint density at radius 2 is 2.05 bits per heavy atom. The van der Waals surface area contributed by atoms with Gasteiger partial charge in [-0.05, 0) is 64.1 Å². The van der Waals surface area contributed by atoms with Crippen LogP contribution in [0.5, 0.6) is 0 Å². The molecular weight excluding hydrogens is 248 g/mol. The summed E-state index contributed by atoms with van der Waals surface area (Å²) in [5, 5.41) is 3.75. The van der Waals surface area contributed by atoms with E-state index in [1.54, 1.807) is 0 Å². The van der Waals surface area contributed by atoms with Crippen molar-refractivity contribution in [2.24, 2.45) is 5.92 Å². The van der Waals surface area contributed by atoms with Crippen molar-refractivity contribution in [3.8, 4) is 0 Å². The van der Waals surface area contributed by atoms with Gasteiger partial charge in [0, 0.05) is 19.2 Å². The lowest BCUT2D eigenvalue weighted by Gasteiger charge is -2.27. The largest absolute Gasteiger partial charge is 0.377 e. The third kappa shape index (κ3) is 5.01. The molecule has 1 saturated heterocycles. The molecule has 2 fully saturated rings. The van der Waals surface area contributed by atoms with Crippen LogP contribution < -0.4 is 5.32 Å². The fourth-order valence-electron chi connectivity index (χ4n) is 3.78. The highest BCUT2D eigenvalue weighted by Crippen LogP contribution is 2.28. The summed E-state index contributed by atoms with van der Waals surface area (Å²) in [4.78, 5) is 2.60. The van der Waals surface area contributed by atoms with Crippen LogP contribution in [0.4, 0.5) is 0 Å². The molecule has 0 aromatic rings. The third-order valence-electron chi connectivity index (χ3n) is 5.06. The number of rotatable bonds is 9. The summed E-state index contributed by atoms with van der Waals surface area (Å²) in [5.41, 5.74) is 0. The summed E-state index contributed by atoms with van der Waals surface area (Å²) in [6, 6.07) is 0.788. The van der Waals surface area contributed by atoms with Crippen LogP contribution in [0.25, 0.3) is 0 Å². The number of likely N-dealkylation sites (N-methyl/N-ethyl adjacent to an activating group) is 1. The first-order valence-electron chi connectivity index (χ1n) is 8.90. The predicted molar refractivity (Wildman–Crippen MR) is 85.1 cm³/mol. The van der Waals surface area contributed by atoms with Gasteiger partial charge in [-0.3, -0.25) is 0 Å². The Labute approximate surface area is 125 Å². The summed E-state index contributed by atoms with van der Waals surface area (Å²) >= 11 is 0. The molecule has 0 amide bonds. The van der Waals surface area contributed by atoms with Crippen LogP contribution in [0, 0.1) is 5.92 Å². The van der Waals surface area contributed by atoms with E-state index in [1.807, 2.05) is 0 Å². The standard InChI is InChI=1S/C17H34N2O/c1-3-11-18-17-9-5-7-15(17)10-12-19(4-2)14-16-8-6-13-20-16/h15-18H,3-14H2,1-2H3. The Balaban J connectivity index is 1.68. The van der Waals surface area contributed by atoms with Crippen molar-refractivity contribution in [2.75, 3.05) is 32.8 Å². The first-order valence-corrected chi connectivity index (χ1v) is 8.90. The zero-order valence-electron chi connectivity index (χ0n) is 13.6. The Hall–Kier alpha value is -0.120. The smallest absolute Gasteiger partial charge is 0.0702 e. The Morgan fingerprint density at radius 3 is 2.75 bits per heavy atom. The van der Waals surface area contributed by atoms with Gasteiger partial charge in [0.2, 0.25) is 0 Å². The van der Waals surface area contributed by atoms with Crippen molar-refractivity contribution in [1.29, 1.82) is 0 Å². The molecule has 0 aromatic carbocycles. The van der Waals surface area contributed by atoms with Gasteiger partial charge in [0.15, 0.2) is 0 Å². The van der Waals surface area contributed by atoms with Gasteiger partial charge in [-0.1, -0.05) is 20.3 Å². The van der Waals surface area contributed by atoms with Crippen LogP contribution in [0.1, 0.15) is 58.8 Å².